The summed E-state index contributed by atoms with van der Waals surface area (Å²) in [6.45, 7) is 4.83. The number of nitrogens with zero attached hydrogens (tertiary/aromatic N) is 3. The second-order valence-electron chi connectivity index (χ2n) is 11.5. The van der Waals surface area contributed by atoms with Gasteiger partial charge in [-0.25, -0.2) is 0 Å². The summed E-state index contributed by atoms with van der Waals surface area (Å²) in [7, 11) is 5.26. The summed E-state index contributed by atoms with van der Waals surface area (Å²) in [4.78, 5) is 45.0. The van der Waals surface area contributed by atoms with Crippen LogP contribution in [0.1, 0.15) is 52.8 Å². The molecule has 1 aliphatic heterocycles. The molecule has 3 aromatic carbocycles. The van der Waals surface area contributed by atoms with E-state index in [-0.39, 0.29) is 17.7 Å². The molecule has 1 fully saturated rings. The fourth-order valence-electron chi connectivity index (χ4n) is 5.27. The molecule has 4 rings (SSSR count). The molecule has 1 heterocycles. The number of nitrogens with two attached hydrogens (primary N) is 1. The molecule has 0 bridgehead atoms. The first-order valence-corrected chi connectivity index (χ1v) is 16.2. The number of para-hydroxylation sites is 3. The maximum Gasteiger partial charge on any atom is 0.259 e. The molecule has 3 N–H and O–H groups in total. The Hall–Kier alpha value is -4.61. The van der Waals surface area contributed by atoms with E-state index in [9.17, 15) is 14.4 Å². The lowest BCUT2D eigenvalue weighted by Gasteiger charge is -2.32. The third-order valence-corrected chi connectivity index (χ3v) is 8.11. The molecule has 11 heteroatoms. The zero-order valence-electron chi connectivity index (χ0n) is 27.7. The Bertz CT molecular complexity index is 1490. The summed E-state index contributed by atoms with van der Waals surface area (Å²) in [6, 6.07) is 19.3. The fraction of sp³-hybridized carbons (Fsp3) is 0.417. The molecule has 0 radical (unpaired) electrons. The molecule has 3 amide bonds. The van der Waals surface area contributed by atoms with Crippen molar-refractivity contribution in [3.63, 3.8) is 0 Å². The average Bonchev–Trinajstić information content (AvgIpc) is 3.10. The van der Waals surface area contributed by atoms with Crippen molar-refractivity contribution in [2.75, 3.05) is 77.4 Å². The van der Waals surface area contributed by atoms with E-state index in [4.69, 9.17) is 19.9 Å². The highest BCUT2D eigenvalue weighted by molar-refractivity contribution is 6.09. The third kappa shape index (κ3) is 9.94. The number of amides is 3. The molecule has 0 aromatic heterocycles. The topological polar surface area (TPSA) is 127 Å². The van der Waals surface area contributed by atoms with E-state index >= 15 is 0 Å². The van der Waals surface area contributed by atoms with Crippen LogP contribution in [0.2, 0.25) is 0 Å². The van der Waals surface area contributed by atoms with Crippen molar-refractivity contribution < 1.29 is 28.6 Å². The fourth-order valence-corrected chi connectivity index (χ4v) is 5.27. The van der Waals surface area contributed by atoms with Crippen LogP contribution in [0.3, 0.4) is 0 Å². The Morgan fingerprint density at radius 1 is 0.830 bits per heavy atom. The quantitative estimate of drug-likeness (QED) is 0.216. The first-order chi connectivity index (χ1) is 22.8. The van der Waals surface area contributed by atoms with Crippen molar-refractivity contribution >= 4 is 29.1 Å². The van der Waals surface area contributed by atoms with Crippen LogP contribution < -0.4 is 30.2 Å². The molecule has 11 nitrogen and oxygen atoms in total. The number of benzene rings is 3. The maximum atomic E-state index is 13.6. The standard InChI is InChI=1S/C36H47N5O6/c1-39-20-22-41(23-21-39)34(42)16-5-4-10-24-47-32-15-9-7-13-30(32)40(2)36(44)27-17-18-29(33(26-27)45-3)38-35(43)28-12-6-8-14-31(28)46-25-11-19-37/h6-9,12-15,17-18,26H,4-5,10-11,16,19-25,37H2,1-3H3,(H,38,43). The van der Waals surface area contributed by atoms with Crippen LogP contribution in [-0.2, 0) is 4.79 Å². The van der Waals surface area contributed by atoms with Gasteiger partial charge >= 0.3 is 0 Å². The van der Waals surface area contributed by atoms with Gasteiger partial charge in [0.1, 0.15) is 17.2 Å². The zero-order valence-corrected chi connectivity index (χ0v) is 27.7. The Labute approximate surface area is 277 Å². The van der Waals surface area contributed by atoms with Crippen molar-refractivity contribution in [2.24, 2.45) is 5.73 Å². The van der Waals surface area contributed by atoms with Crippen LogP contribution in [0.4, 0.5) is 11.4 Å². The number of carbonyl (C=O) groups is 3. The number of anilines is 2. The molecule has 0 spiro atoms. The molecular formula is C36H47N5O6. The first-order valence-electron chi connectivity index (χ1n) is 16.2. The summed E-state index contributed by atoms with van der Waals surface area (Å²) in [6.07, 6.45) is 3.73. The average molecular weight is 646 g/mol. The maximum absolute atomic E-state index is 13.6. The molecule has 0 aliphatic carbocycles. The van der Waals surface area contributed by atoms with Gasteiger partial charge in [0, 0.05) is 45.2 Å². The lowest BCUT2D eigenvalue weighted by atomic mass is 10.1. The van der Waals surface area contributed by atoms with Crippen LogP contribution >= 0.6 is 0 Å². The number of ether oxygens (including phenoxy) is 3. The molecule has 47 heavy (non-hydrogen) atoms. The summed E-state index contributed by atoms with van der Waals surface area (Å²) in [5.74, 6) is 0.997. The molecule has 252 valence electrons. The van der Waals surface area contributed by atoms with E-state index in [1.165, 1.54) is 12.0 Å². The largest absolute Gasteiger partial charge is 0.495 e. The molecule has 0 saturated carbocycles. The summed E-state index contributed by atoms with van der Waals surface area (Å²) >= 11 is 0. The van der Waals surface area contributed by atoms with Crippen molar-refractivity contribution in [1.29, 1.82) is 0 Å². The Balaban J connectivity index is 1.32. The van der Waals surface area contributed by atoms with Gasteiger partial charge in [-0.3, -0.25) is 14.4 Å². The normalized spacial score (nSPS) is 13.1. The highest BCUT2D eigenvalue weighted by Crippen LogP contribution is 2.31. The van der Waals surface area contributed by atoms with Gasteiger partial charge in [-0.1, -0.05) is 24.3 Å². The third-order valence-electron chi connectivity index (χ3n) is 8.11. The number of hydrogen-bond acceptors (Lipinski definition) is 8. The number of unbranched alkanes of at least 4 members (excludes halogenated alkanes) is 2. The van der Waals surface area contributed by atoms with Crippen molar-refractivity contribution in [2.45, 2.75) is 32.1 Å². The number of rotatable bonds is 16. The zero-order chi connectivity index (χ0) is 33.6. The summed E-state index contributed by atoms with van der Waals surface area (Å²) < 4.78 is 17.4. The molecule has 3 aromatic rings. The predicted molar refractivity (Wildman–Crippen MR) is 184 cm³/mol. The predicted octanol–water partition coefficient (Wildman–Crippen LogP) is 4.66. The Morgan fingerprint density at radius 3 is 2.26 bits per heavy atom. The van der Waals surface area contributed by atoms with Crippen molar-refractivity contribution in [1.82, 2.24) is 9.80 Å². The lowest BCUT2D eigenvalue weighted by molar-refractivity contribution is -0.132. The SMILES string of the molecule is COc1cc(C(=O)N(C)c2ccccc2OCCCCCC(=O)N2CCN(C)CC2)ccc1NC(=O)c1ccccc1OCCCN. The molecule has 0 unspecified atom stereocenters. The minimum atomic E-state index is -0.365. The van der Waals surface area contributed by atoms with E-state index in [1.54, 1.807) is 49.5 Å². The first kappa shape index (κ1) is 35.2. The van der Waals surface area contributed by atoms with E-state index in [0.717, 1.165) is 45.4 Å². The van der Waals surface area contributed by atoms with Gasteiger partial charge in [0.25, 0.3) is 11.8 Å². The minimum Gasteiger partial charge on any atom is -0.495 e. The number of carbonyl (C=O) groups excluding carboxylic acids is 3. The van der Waals surface area contributed by atoms with E-state index in [0.29, 0.717) is 72.4 Å². The summed E-state index contributed by atoms with van der Waals surface area (Å²) in [5, 5.41) is 2.87. The lowest BCUT2D eigenvalue weighted by Crippen LogP contribution is -2.47. The van der Waals surface area contributed by atoms with Gasteiger partial charge < -0.3 is 40.0 Å². The van der Waals surface area contributed by atoms with Gasteiger partial charge in [-0.05, 0) is 81.7 Å². The Morgan fingerprint density at radius 2 is 1.51 bits per heavy atom. The second kappa shape index (κ2) is 17.9. The second-order valence-corrected chi connectivity index (χ2v) is 11.5. The number of methoxy groups -OCH3 is 1. The van der Waals surface area contributed by atoms with Gasteiger partial charge in [0.2, 0.25) is 5.91 Å². The van der Waals surface area contributed by atoms with E-state index < -0.39 is 0 Å². The number of likely N-dealkylation sites (N-methyl/N-ethyl adjacent to an activating group) is 1. The van der Waals surface area contributed by atoms with Gasteiger partial charge in [-0.15, -0.1) is 0 Å². The summed E-state index contributed by atoms with van der Waals surface area (Å²) in [5.41, 5.74) is 7.37. The van der Waals surface area contributed by atoms with Crippen LogP contribution in [0.25, 0.3) is 0 Å². The molecule has 1 saturated heterocycles. The number of hydrogen-bond donors (Lipinski definition) is 2. The van der Waals surface area contributed by atoms with Gasteiger partial charge in [-0.2, -0.15) is 0 Å². The van der Waals surface area contributed by atoms with Crippen LogP contribution in [0.15, 0.2) is 66.7 Å². The Kier molecular flexibility index (Phi) is 13.4. The van der Waals surface area contributed by atoms with Gasteiger partial charge in [0.15, 0.2) is 0 Å². The van der Waals surface area contributed by atoms with Crippen molar-refractivity contribution in [3.05, 3.63) is 77.9 Å². The van der Waals surface area contributed by atoms with Crippen LogP contribution in [0, 0.1) is 0 Å². The highest BCUT2D eigenvalue weighted by Gasteiger charge is 2.21. The van der Waals surface area contributed by atoms with E-state index in [2.05, 4.69) is 17.3 Å². The minimum absolute atomic E-state index is 0.227. The number of nitrogens with one attached hydrogen (secondary N) is 1. The number of piperazine rings is 1. The molecule has 1 aliphatic rings. The van der Waals surface area contributed by atoms with Crippen molar-refractivity contribution in [3.8, 4) is 17.2 Å². The highest BCUT2D eigenvalue weighted by atomic mass is 16.5. The van der Waals surface area contributed by atoms with Crippen LogP contribution in [-0.4, -0.2) is 94.7 Å². The van der Waals surface area contributed by atoms with Crippen LogP contribution in [0.5, 0.6) is 17.2 Å². The molecule has 0 atom stereocenters. The van der Waals surface area contributed by atoms with E-state index in [1.807, 2.05) is 29.2 Å². The molecular weight excluding hydrogens is 598 g/mol. The smallest absolute Gasteiger partial charge is 0.259 e. The monoisotopic (exact) mass is 645 g/mol. The van der Waals surface area contributed by atoms with Gasteiger partial charge in [0.05, 0.1) is 37.3 Å².